The van der Waals surface area contributed by atoms with E-state index >= 15 is 0 Å². The van der Waals surface area contributed by atoms with Crippen LogP contribution in [0, 0.1) is 11.3 Å². The maximum atomic E-state index is 12.0. The van der Waals surface area contributed by atoms with Crippen LogP contribution in [0.3, 0.4) is 0 Å². The van der Waals surface area contributed by atoms with Crippen LogP contribution in [0.1, 0.15) is 26.2 Å². The van der Waals surface area contributed by atoms with Gasteiger partial charge in [-0.05, 0) is 45.8 Å². The van der Waals surface area contributed by atoms with Crippen molar-refractivity contribution < 1.29 is 4.79 Å². The fourth-order valence-corrected chi connectivity index (χ4v) is 2.50. The molecule has 0 spiro atoms. The largest absolute Gasteiger partial charge is 0.356 e. The van der Waals surface area contributed by atoms with Crippen LogP contribution in [-0.4, -0.2) is 44.5 Å². The Morgan fingerprint density at radius 1 is 1.50 bits per heavy atom. The van der Waals surface area contributed by atoms with Gasteiger partial charge in [0.1, 0.15) is 0 Å². The second-order valence-corrected chi connectivity index (χ2v) is 5.41. The van der Waals surface area contributed by atoms with Crippen LogP contribution in [-0.2, 0) is 4.79 Å². The van der Waals surface area contributed by atoms with Gasteiger partial charge in [0, 0.05) is 13.1 Å². The van der Waals surface area contributed by atoms with Crippen LogP contribution < -0.4 is 11.1 Å². The second-order valence-electron chi connectivity index (χ2n) is 5.41. The molecule has 0 aromatic rings. The van der Waals surface area contributed by atoms with E-state index in [2.05, 4.69) is 17.1 Å². The summed E-state index contributed by atoms with van der Waals surface area (Å²) < 4.78 is 0. The van der Waals surface area contributed by atoms with Crippen LogP contribution in [0.15, 0.2) is 0 Å². The Balaban J connectivity index is 2.24. The molecular weight excluding hydrogens is 202 g/mol. The van der Waals surface area contributed by atoms with E-state index in [4.69, 9.17) is 5.73 Å². The summed E-state index contributed by atoms with van der Waals surface area (Å²) in [4.78, 5) is 14.1. The zero-order valence-electron chi connectivity index (χ0n) is 10.8. The van der Waals surface area contributed by atoms with Gasteiger partial charge in [-0.3, -0.25) is 4.79 Å². The fourth-order valence-electron chi connectivity index (χ4n) is 2.50. The first-order valence-electron chi connectivity index (χ1n) is 6.13. The highest BCUT2D eigenvalue weighted by Gasteiger charge is 2.46. The van der Waals surface area contributed by atoms with E-state index in [0.717, 1.165) is 32.4 Å². The van der Waals surface area contributed by atoms with Gasteiger partial charge in [-0.25, -0.2) is 0 Å². The summed E-state index contributed by atoms with van der Waals surface area (Å²) in [6.45, 7) is 4.42. The third-order valence-electron chi connectivity index (χ3n) is 3.42. The van der Waals surface area contributed by atoms with Crippen molar-refractivity contribution in [3.8, 4) is 0 Å². The molecule has 4 heteroatoms. The van der Waals surface area contributed by atoms with Gasteiger partial charge >= 0.3 is 0 Å². The Hall–Kier alpha value is -0.610. The van der Waals surface area contributed by atoms with E-state index in [1.54, 1.807) is 0 Å². The molecule has 94 valence electrons. The van der Waals surface area contributed by atoms with E-state index in [1.165, 1.54) is 0 Å². The Labute approximate surface area is 98.6 Å². The molecule has 0 heterocycles. The molecule has 0 unspecified atom stereocenters. The number of amides is 1. The van der Waals surface area contributed by atoms with Gasteiger partial charge in [0.25, 0.3) is 0 Å². The molecule has 0 atom stereocenters. The van der Waals surface area contributed by atoms with Crippen molar-refractivity contribution in [2.24, 2.45) is 17.1 Å². The van der Waals surface area contributed by atoms with Crippen LogP contribution in [0.5, 0.6) is 0 Å². The van der Waals surface area contributed by atoms with Gasteiger partial charge in [-0.1, -0.05) is 6.92 Å². The third-order valence-corrected chi connectivity index (χ3v) is 3.42. The van der Waals surface area contributed by atoms with E-state index in [1.807, 2.05) is 14.1 Å². The molecule has 4 nitrogen and oxygen atoms in total. The van der Waals surface area contributed by atoms with Crippen molar-refractivity contribution in [1.29, 1.82) is 0 Å². The average Bonchev–Trinajstić information content (AvgIpc) is 2.18. The van der Waals surface area contributed by atoms with Gasteiger partial charge in [-0.2, -0.15) is 0 Å². The van der Waals surface area contributed by atoms with Crippen molar-refractivity contribution in [3.05, 3.63) is 0 Å². The van der Waals surface area contributed by atoms with Crippen LogP contribution >= 0.6 is 0 Å². The molecule has 1 rings (SSSR count). The zero-order chi connectivity index (χ0) is 12.2. The fraction of sp³-hybridized carbons (Fsp3) is 0.917. The number of carbonyl (C=O) groups is 1. The minimum Gasteiger partial charge on any atom is -0.356 e. The Morgan fingerprint density at radius 3 is 2.56 bits per heavy atom. The van der Waals surface area contributed by atoms with Crippen molar-refractivity contribution in [1.82, 2.24) is 10.2 Å². The van der Waals surface area contributed by atoms with Crippen molar-refractivity contribution in [2.75, 3.05) is 33.7 Å². The van der Waals surface area contributed by atoms with Crippen molar-refractivity contribution in [2.45, 2.75) is 26.2 Å². The molecule has 1 saturated carbocycles. The summed E-state index contributed by atoms with van der Waals surface area (Å²) in [5.41, 5.74) is 5.46. The predicted octanol–water partition coefficient (Wildman–Crippen LogP) is 0.429. The smallest absolute Gasteiger partial charge is 0.227 e. The maximum absolute atomic E-state index is 12.0. The Bertz CT molecular complexity index is 234. The number of nitrogens with two attached hydrogens (primary N) is 1. The summed E-state index contributed by atoms with van der Waals surface area (Å²) in [6, 6.07) is 0. The minimum atomic E-state index is -0.252. The summed E-state index contributed by atoms with van der Waals surface area (Å²) in [5, 5.41) is 3.01. The van der Waals surface area contributed by atoms with Gasteiger partial charge < -0.3 is 16.0 Å². The number of nitrogens with one attached hydrogen (secondary N) is 1. The molecule has 0 aromatic carbocycles. The molecule has 0 saturated heterocycles. The average molecular weight is 227 g/mol. The van der Waals surface area contributed by atoms with Crippen LogP contribution in [0.25, 0.3) is 0 Å². The number of hydrogen-bond donors (Lipinski definition) is 2. The molecular formula is C12H25N3O. The first-order chi connectivity index (χ1) is 7.50. The molecule has 1 amide bonds. The Kier molecular flexibility index (Phi) is 4.74. The van der Waals surface area contributed by atoms with E-state index in [0.29, 0.717) is 12.5 Å². The number of hydrogen-bond acceptors (Lipinski definition) is 3. The highest BCUT2D eigenvalue weighted by atomic mass is 16.2. The van der Waals surface area contributed by atoms with Gasteiger partial charge in [0.05, 0.1) is 5.41 Å². The SMILES string of the molecule is CC1CC(CN)(C(=O)NCCCN(C)C)C1. The third kappa shape index (κ3) is 3.19. The first-order valence-corrected chi connectivity index (χ1v) is 6.13. The summed E-state index contributed by atoms with van der Waals surface area (Å²) >= 11 is 0. The standard InChI is InChI=1S/C12H25N3O/c1-10-7-12(8-10,9-13)11(16)14-5-4-6-15(2)3/h10H,4-9,13H2,1-3H3,(H,14,16). The molecule has 1 aliphatic rings. The van der Waals surface area contributed by atoms with Gasteiger partial charge in [-0.15, -0.1) is 0 Å². The number of rotatable bonds is 6. The minimum absolute atomic E-state index is 0.159. The van der Waals surface area contributed by atoms with Crippen molar-refractivity contribution in [3.63, 3.8) is 0 Å². The lowest BCUT2D eigenvalue weighted by Crippen LogP contribution is -2.53. The Morgan fingerprint density at radius 2 is 2.12 bits per heavy atom. The topological polar surface area (TPSA) is 58.4 Å². The van der Waals surface area contributed by atoms with Crippen LogP contribution in [0.2, 0.25) is 0 Å². The van der Waals surface area contributed by atoms with E-state index < -0.39 is 0 Å². The van der Waals surface area contributed by atoms with Crippen molar-refractivity contribution >= 4 is 5.91 Å². The van der Waals surface area contributed by atoms with Crippen LogP contribution in [0.4, 0.5) is 0 Å². The highest BCUT2D eigenvalue weighted by molar-refractivity contribution is 5.83. The van der Waals surface area contributed by atoms with Gasteiger partial charge in [0.2, 0.25) is 5.91 Å². The van der Waals surface area contributed by atoms with Gasteiger partial charge in [0.15, 0.2) is 0 Å². The monoisotopic (exact) mass is 227 g/mol. The lowest BCUT2D eigenvalue weighted by atomic mass is 9.62. The molecule has 0 aromatic heterocycles. The number of nitrogens with zero attached hydrogens (tertiary/aromatic N) is 1. The quantitative estimate of drug-likeness (QED) is 0.647. The zero-order valence-corrected chi connectivity index (χ0v) is 10.8. The summed E-state index contributed by atoms with van der Waals surface area (Å²) in [7, 11) is 4.08. The lowest BCUT2D eigenvalue weighted by Gasteiger charge is -2.44. The highest BCUT2D eigenvalue weighted by Crippen LogP contribution is 2.44. The molecule has 16 heavy (non-hydrogen) atoms. The summed E-state index contributed by atoms with van der Waals surface area (Å²) in [6.07, 6.45) is 2.89. The molecule has 0 radical (unpaired) electrons. The van der Waals surface area contributed by atoms with E-state index in [9.17, 15) is 4.79 Å². The normalized spacial score (nSPS) is 28.9. The molecule has 1 aliphatic carbocycles. The lowest BCUT2D eigenvalue weighted by molar-refractivity contribution is -0.138. The predicted molar refractivity (Wildman–Crippen MR) is 66.1 cm³/mol. The second kappa shape index (κ2) is 5.64. The molecule has 0 aliphatic heterocycles. The number of carbonyl (C=O) groups excluding carboxylic acids is 1. The molecule has 0 bridgehead atoms. The maximum Gasteiger partial charge on any atom is 0.227 e. The first kappa shape index (κ1) is 13.5. The van der Waals surface area contributed by atoms with E-state index in [-0.39, 0.29) is 11.3 Å². The molecule has 3 N–H and O–H groups in total. The summed E-state index contributed by atoms with van der Waals surface area (Å²) in [5.74, 6) is 0.808. The molecule has 1 fully saturated rings.